The van der Waals surface area contributed by atoms with Crippen LogP contribution in [0.1, 0.15) is 35.7 Å². The number of aliphatic hydroxyl groups is 1. The summed E-state index contributed by atoms with van der Waals surface area (Å²) in [6.07, 6.45) is -3.70. The Morgan fingerprint density at radius 2 is 2.05 bits per heavy atom. The van der Waals surface area contributed by atoms with Gasteiger partial charge in [-0.05, 0) is 31.0 Å². The van der Waals surface area contributed by atoms with Gasteiger partial charge < -0.3 is 15.5 Å². The van der Waals surface area contributed by atoms with Gasteiger partial charge in [-0.2, -0.15) is 13.2 Å². The maximum atomic E-state index is 12.8. The van der Waals surface area contributed by atoms with Crippen molar-refractivity contribution in [3.63, 3.8) is 0 Å². The van der Waals surface area contributed by atoms with Crippen LogP contribution in [0.15, 0.2) is 18.2 Å². The fraction of sp³-hybridized carbons (Fsp3) is 0.462. The third kappa shape index (κ3) is 4.12. The molecule has 3 N–H and O–H groups in total. The molecule has 1 rings (SSSR count). The summed E-state index contributed by atoms with van der Waals surface area (Å²) in [5.41, 5.74) is -1.78. The van der Waals surface area contributed by atoms with Gasteiger partial charge in [0.25, 0.3) is 0 Å². The van der Waals surface area contributed by atoms with Crippen LogP contribution in [0.3, 0.4) is 0 Å². The molecule has 1 aromatic rings. The van der Waals surface area contributed by atoms with Crippen LogP contribution in [0.25, 0.3) is 0 Å². The van der Waals surface area contributed by atoms with Gasteiger partial charge in [0.2, 0.25) is 0 Å². The summed E-state index contributed by atoms with van der Waals surface area (Å²) >= 11 is 0. The minimum atomic E-state index is -4.73. The third-order valence-electron chi connectivity index (χ3n) is 2.90. The highest BCUT2D eigenvalue weighted by molar-refractivity contribution is 5.90. The summed E-state index contributed by atoms with van der Waals surface area (Å²) < 4.78 is 38.5. The summed E-state index contributed by atoms with van der Waals surface area (Å²) in [6, 6.07) is 2.83. The van der Waals surface area contributed by atoms with E-state index in [0.29, 0.717) is 12.8 Å². The fourth-order valence-corrected chi connectivity index (χ4v) is 1.82. The second kappa shape index (κ2) is 6.60. The number of carbonyl (C=O) groups is 1. The monoisotopic (exact) mass is 291 g/mol. The van der Waals surface area contributed by atoms with Gasteiger partial charge in [0, 0.05) is 18.3 Å². The molecular weight excluding hydrogens is 275 g/mol. The molecule has 0 fully saturated rings. The number of hydrogen-bond acceptors (Lipinski definition) is 3. The van der Waals surface area contributed by atoms with Crippen LogP contribution in [-0.4, -0.2) is 28.8 Å². The van der Waals surface area contributed by atoms with E-state index in [1.807, 2.05) is 6.92 Å². The lowest BCUT2D eigenvalue weighted by Crippen LogP contribution is -2.21. The summed E-state index contributed by atoms with van der Waals surface area (Å²) in [5.74, 6) is -1.62. The number of rotatable bonds is 6. The van der Waals surface area contributed by atoms with Gasteiger partial charge in [0.05, 0.1) is 11.1 Å². The molecule has 0 radical (unpaired) electrons. The van der Waals surface area contributed by atoms with Crippen LogP contribution in [0, 0.1) is 0 Å². The van der Waals surface area contributed by atoms with E-state index in [9.17, 15) is 18.0 Å². The van der Waals surface area contributed by atoms with Gasteiger partial charge in [-0.25, -0.2) is 4.79 Å². The standard InChI is InChI=1S/C13H16F3NO3/c1-2-8(5-6-18)17-9-3-4-10(12(19)20)11(7-9)13(14,15)16/h3-4,7-8,17-18H,2,5-6H2,1H3,(H,19,20). The molecule has 0 bridgehead atoms. The van der Waals surface area contributed by atoms with E-state index < -0.39 is 23.3 Å². The van der Waals surface area contributed by atoms with E-state index in [1.165, 1.54) is 6.07 Å². The molecule has 1 unspecified atom stereocenters. The zero-order valence-electron chi connectivity index (χ0n) is 10.9. The molecule has 0 heterocycles. The van der Waals surface area contributed by atoms with Crippen molar-refractivity contribution in [2.45, 2.75) is 32.0 Å². The molecule has 0 aromatic heterocycles. The van der Waals surface area contributed by atoms with Gasteiger partial charge in [0.1, 0.15) is 0 Å². The van der Waals surface area contributed by atoms with Gasteiger partial charge >= 0.3 is 12.1 Å². The third-order valence-corrected chi connectivity index (χ3v) is 2.90. The van der Waals surface area contributed by atoms with Crippen molar-refractivity contribution < 1.29 is 28.2 Å². The molecule has 0 aliphatic rings. The fourth-order valence-electron chi connectivity index (χ4n) is 1.82. The summed E-state index contributed by atoms with van der Waals surface area (Å²) in [5, 5.41) is 20.5. The lowest BCUT2D eigenvalue weighted by molar-refractivity contribution is -0.138. The maximum Gasteiger partial charge on any atom is 0.417 e. The van der Waals surface area contributed by atoms with Crippen molar-refractivity contribution in [3.8, 4) is 0 Å². The molecule has 0 aliphatic carbocycles. The smallest absolute Gasteiger partial charge is 0.417 e. The quantitative estimate of drug-likeness (QED) is 0.753. The number of carboxylic acids is 1. The number of benzene rings is 1. The number of anilines is 1. The topological polar surface area (TPSA) is 69.6 Å². The van der Waals surface area contributed by atoms with E-state index in [0.717, 1.165) is 12.1 Å². The Balaban J connectivity index is 3.10. The summed E-state index contributed by atoms with van der Waals surface area (Å²) in [4.78, 5) is 10.8. The van der Waals surface area contributed by atoms with Crippen molar-refractivity contribution >= 4 is 11.7 Å². The average Bonchev–Trinajstić information content (AvgIpc) is 2.36. The molecule has 0 aliphatic heterocycles. The molecule has 4 nitrogen and oxygen atoms in total. The van der Waals surface area contributed by atoms with Crippen molar-refractivity contribution in [1.82, 2.24) is 0 Å². The molecule has 0 saturated carbocycles. The Morgan fingerprint density at radius 1 is 1.40 bits per heavy atom. The first-order chi connectivity index (χ1) is 9.29. The van der Waals surface area contributed by atoms with Crippen LogP contribution in [0.2, 0.25) is 0 Å². The zero-order valence-corrected chi connectivity index (χ0v) is 10.9. The lowest BCUT2D eigenvalue weighted by Gasteiger charge is -2.19. The number of halogens is 3. The molecule has 7 heteroatoms. The number of carboxylic acid groups (broad SMARTS) is 1. The van der Waals surface area contributed by atoms with Gasteiger partial charge in [0.15, 0.2) is 0 Å². The van der Waals surface area contributed by atoms with Gasteiger partial charge in [-0.3, -0.25) is 0 Å². The normalized spacial score (nSPS) is 13.1. The largest absolute Gasteiger partial charge is 0.478 e. The van der Waals surface area contributed by atoms with Crippen LogP contribution in [-0.2, 0) is 6.18 Å². The SMILES string of the molecule is CCC(CCO)Nc1ccc(C(=O)O)c(C(F)(F)F)c1. The highest BCUT2D eigenvalue weighted by Crippen LogP contribution is 2.34. The molecule has 1 aromatic carbocycles. The second-order valence-electron chi connectivity index (χ2n) is 4.33. The first-order valence-corrected chi connectivity index (χ1v) is 6.11. The van der Waals surface area contributed by atoms with Crippen molar-refractivity contribution in [1.29, 1.82) is 0 Å². The molecule has 0 spiro atoms. The van der Waals surface area contributed by atoms with Crippen molar-refractivity contribution in [3.05, 3.63) is 29.3 Å². The van der Waals surface area contributed by atoms with E-state index in [4.69, 9.17) is 10.2 Å². The molecular formula is C13H16F3NO3. The van der Waals surface area contributed by atoms with Crippen molar-refractivity contribution in [2.75, 3.05) is 11.9 Å². The van der Waals surface area contributed by atoms with E-state index >= 15 is 0 Å². The van der Waals surface area contributed by atoms with E-state index in [2.05, 4.69) is 5.32 Å². The average molecular weight is 291 g/mol. The summed E-state index contributed by atoms with van der Waals surface area (Å²) in [6.45, 7) is 1.76. The van der Waals surface area contributed by atoms with Crippen LogP contribution in [0.5, 0.6) is 0 Å². The van der Waals surface area contributed by atoms with E-state index in [-0.39, 0.29) is 18.3 Å². The first-order valence-electron chi connectivity index (χ1n) is 6.11. The Kier molecular flexibility index (Phi) is 5.38. The Morgan fingerprint density at radius 3 is 2.50 bits per heavy atom. The minimum absolute atomic E-state index is 0.0785. The highest BCUT2D eigenvalue weighted by Gasteiger charge is 2.35. The highest BCUT2D eigenvalue weighted by atomic mass is 19.4. The minimum Gasteiger partial charge on any atom is -0.478 e. The molecule has 20 heavy (non-hydrogen) atoms. The maximum absolute atomic E-state index is 12.8. The predicted octanol–water partition coefficient (Wildman–Crippen LogP) is 2.98. The van der Waals surface area contributed by atoms with Gasteiger partial charge in [-0.1, -0.05) is 6.92 Å². The molecule has 1 atom stereocenters. The van der Waals surface area contributed by atoms with Crippen LogP contribution >= 0.6 is 0 Å². The predicted molar refractivity (Wildman–Crippen MR) is 67.8 cm³/mol. The van der Waals surface area contributed by atoms with Gasteiger partial charge in [-0.15, -0.1) is 0 Å². The van der Waals surface area contributed by atoms with Crippen LogP contribution in [0.4, 0.5) is 18.9 Å². The Labute approximate surface area is 114 Å². The zero-order chi connectivity index (χ0) is 15.3. The number of aromatic carboxylic acids is 1. The van der Waals surface area contributed by atoms with Crippen molar-refractivity contribution in [2.24, 2.45) is 0 Å². The molecule has 0 amide bonds. The number of nitrogens with one attached hydrogen (secondary N) is 1. The second-order valence-corrected chi connectivity index (χ2v) is 4.33. The molecule has 112 valence electrons. The number of hydrogen-bond donors (Lipinski definition) is 3. The Hall–Kier alpha value is -1.76. The molecule has 0 saturated heterocycles. The van der Waals surface area contributed by atoms with Crippen LogP contribution < -0.4 is 5.32 Å². The van der Waals surface area contributed by atoms with E-state index in [1.54, 1.807) is 0 Å². The lowest BCUT2D eigenvalue weighted by atomic mass is 10.0. The Bertz CT molecular complexity index is 474. The number of aliphatic hydroxyl groups excluding tert-OH is 1. The first kappa shape index (κ1) is 16.3. The summed E-state index contributed by atoms with van der Waals surface area (Å²) in [7, 11) is 0. The number of alkyl halides is 3.